The van der Waals surface area contributed by atoms with Crippen molar-refractivity contribution in [3.63, 3.8) is 0 Å². The van der Waals surface area contributed by atoms with Crippen LogP contribution in [0.15, 0.2) is 0 Å². The molecular weight excluding hydrogens is 134 g/mol. The largest absolute Gasteiger partial charge is 0.317 e. The lowest BCUT2D eigenvalue weighted by molar-refractivity contribution is 0.520. The highest BCUT2D eigenvalue weighted by molar-refractivity contribution is 4.92. The summed E-state index contributed by atoms with van der Waals surface area (Å²) in [5.74, 6) is 5.63. The molecule has 1 N–H and O–H groups in total. The fraction of sp³-hybridized carbons (Fsp3) is 0.800. The fourth-order valence-corrected chi connectivity index (χ4v) is 0.979. The Hall–Kier alpha value is -0.480. The number of hydrogen-bond acceptors (Lipinski definition) is 1. The highest BCUT2D eigenvalue weighted by Crippen LogP contribution is 1.96. The van der Waals surface area contributed by atoms with Crippen molar-refractivity contribution in [2.24, 2.45) is 0 Å². The second kappa shape index (κ2) is 9.52. The Bertz CT molecular complexity index is 103. The van der Waals surface area contributed by atoms with Gasteiger partial charge >= 0.3 is 0 Å². The summed E-state index contributed by atoms with van der Waals surface area (Å²) in [5.41, 5.74) is 0. The lowest BCUT2D eigenvalue weighted by Crippen LogP contribution is -2.21. The minimum Gasteiger partial charge on any atom is -0.317 e. The van der Waals surface area contributed by atoms with E-state index in [1.54, 1.807) is 0 Å². The standard InChI is InChI=1S/C5H11N.C5H8/c1-2-4-6-5-3-1;1-3-5-4-2/h6H,1-5H2;3H2,1-2H3. The van der Waals surface area contributed by atoms with Crippen LogP contribution in [0.2, 0.25) is 0 Å². The zero-order valence-corrected chi connectivity index (χ0v) is 7.74. The van der Waals surface area contributed by atoms with Gasteiger partial charge < -0.3 is 5.32 Å². The molecule has 1 heteroatoms. The van der Waals surface area contributed by atoms with Crippen LogP contribution in [0.3, 0.4) is 0 Å². The number of hydrogen-bond donors (Lipinski definition) is 1. The maximum Gasteiger partial charge on any atom is 0.00601 e. The lowest BCUT2D eigenvalue weighted by Gasteiger charge is -2.08. The number of rotatable bonds is 0. The van der Waals surface area contributed by atoms with E-state index in [0.717, 1.165) is 6.42 Å². The van der Waals surface area contributed by atoms with Gasteiger partial charge in [0.15, 0.2) is 0 Å². The van der Waals surface area contributed by atoms with E-state index in [1.807, 2.05) is 13.8 Å². The van der Waals surface area contributed by atoms with Crippen LogP contribution < -0.4 is 5.32 Å². The molecule has 0 bridgehead atoms. The molecule has 1 nitrogen and oxygen atoms in total. The summed E-state index contributed by atoms with van der Waals surface area (Å²) in [6.45, 7) is 6.39. The van der Waals surface area contributed by atoms with Crippen molar-refractivity contribution in [3.05, 3.63) is 0 Å². The molecule has 0 aromatic carbocycles. The monoisotopic (exact) mass is 153 g/mol. The molecule has 0 unspecified atom stereocenters. The first kappa shape index (κ1) is 10.5. The first-order valence-electron chi connectivity index (χ1n) is 4.52. The molecular formula is C10H19N. The third-order valence-electron chi connectivity index (χ3n) is 1.56. The molecule has 1 aliphatic heterocycles. The zero-order chi connectivity index (χ0) is 8.36. The molecule has 0 aliphatic carbocycles. The van der Waals surface area contributed by atoms with E-state index in [9.17, 15) is 0 Å². The molecule has 1 saturated heterocycles. The van der Waals surface area contributed by atoms with Gasteiger partial charge in [-0.05, 0) is 32.9 Å². The maximum absolute atomic E-state index is 3.28. The Balaban J connectivity index is 0.000000187. The SMILES string of the molecule is C1CCNCC1.CC#CCC. The van der Waals surface area contributed by atoms with Gasteiger partial charge in [0, 0.05) is 6.42 Å². The predicted molar refractivity (Wildman–Crippen MR) is 50.5 cm³/mol. The Morgan fingerprint density at radius 2 is 1.82 bits per heavy atom. The first-order valence-corrected chi connectivity index (χ1v) is 4.52. The van der Waals surface area contributed by atoms with Crippen LogP contribution in [-0.2, 0) is 0 Å². The fourth-order valence-electron chi connectivity index (χ4n) is 0.979. The van der Waals surface area contributed by atoms with E-state index >= 15 is 0 Å². The summed E-state index contributed by atoms with van der Waals surface area (Å²) in [6, 6.07) is 0. The van der Waals surface area contributed by atoms with E-state index in [2.05, 4.69) is 17.2 Å². The van der Waals surface area contributed by atoms with E-state index in [4.69, 9.17) is 0 Å². The van der Waals surface area contributed by atoms with Gasteiger partial charge in [0.1, 0.15) is 0 Å². The van der Waals surface area contributed by atoms with Crippen molar-refractivity contribution in [3.8, 4) is 11.8 Å². The third-order valence-corrected chi connectivity index (χ3v) is 1.56. The van der Waals surface area contributed by atoms with Crippen molar-refractivity contribution in [1.29, 1.82) is 0 Å². The van der Waals surface area contributed by atoms with Crippen molar-refractivity contribution >= 4 is 0 Å². The summed E-state index contributed by atoms with van der Waals surface area (Å²) in [6.07, 6.45) is 5.20. The van der Waals surface area contributed by atoms with Gasteiger partial charge in [-0.2, -0.15) is 0 Å². The van der Waals surface area contributed by atoms with Crippen LogP contribution in [0.5, 0.6) is 0 Å². The summed E-state index contributed by atoms with van der Waals surface area (Å²) >= 11 is 0. The van der Waals surface area contributed by atoms with E-state index in [-0.39, 0.29) is 0 Å². The Kier molecular flexibility index (Phi) is 9.10. The van der Waals surface area contributed by atoms with E-state index in [0.29, 0.717) is 0 Å². The van der Waals surface area contributed by atoms with Crippen LogP contribution >= 0.6 is 0 Å². The van der Waals surface area contributed by atoms with Crippen molar-refractivity contribution in [1.82, 2.24) is 5.32 Å². The van der Waals surface area contributed by atoms with Gasteiger partial charge in [0.2, 0.25) is 0 Å². The van der Waals surface area contributed by atoms with Crippen LogP contribution in [0.25, 0.3) is 0 Å². The molecule has 1 heterocycles. The molecule has 0 atom stereocenters. The maximum atomic E-state index is 3.28. The van der Waals surface area contributed by atoms with Crippen LogP contribution in [0, 0.1) is 11.8 Å². The number of nitrogens with one attached hydrogen (secondary N) is 1. The van der Waals surface area contributed by atoms with Gasteiger partial charge in [0.25, 0.3) is 0 Å². The van der Waals surface area contributed by atoms with Crippen LogP contribution in [0.4, 0.5) is 0 Å². The summed E-state index contributed by atoms with van der Waals surface area (Å²) in [4.78, 5) is 0. The van der Waals surface area contributed by atoms with Crippen molar-refractivity contribution in [2.75, 3.05) is 13.1 Å². The van der Waals surface area contributed by atoms with Crippen molar-refractivity contribution in [2.45, 2.75) is 39.5 Å². The average Bonchev–Trinajstić information content (AvgIpc) is 2.10. The quantitative estimate of drug-likeness (QED) is 0.526. The van der Waals surface area contributed by atoms with Gasteiger partial charge in [0.05, 0.1) is 0 Å². The van der Waals surface area contributed by atoms with Crippen LogP contribution in [-0.4, -0.2) is 13.1 Å². The van der Waals surface area contributed by atoms with Gasteiger partial charge in [-0.3, -0.25) is 0 Å². The summed E-state index contributed by atoms with van der Waals surface area (Å²) in [5, 5.41) is 3.28. The molecule has 1 aliphatic rings. The van der Waals surface area contributed by atoms with E-state index in [1.165, 1.54) is 32.4 Å². The topological polar surface area (TPSA) is 12.0 Å². The molecule has 0 saturated carbocycles. The Morgan fingerprint density at radius 3 is 1.91 bits per heavy atom. The van der Waals surface area contributed by atoms with Crippen molar-refractivity contribution < 1.29 is 0 Å². The molecule has 1 fully saturated rings. The Morgan fingerprint density at radius 1 is 1.18 bits per heavy atom. The Labute approximate surface area is 70.6 Å². The third kappa shape index (κ3) is 9.52. The van der Waals surface area contributed by atoms with Gasteiger partial charge in [-0.15, -0.1) is 11.8 Å². The average molecular weight is 153 g/mol. The first-order chi connectivity index (χ1) is 5.41. The molecule has 0 aromatic heterocycles. The normalized spacial score (nSPS) is 15.5. The second-order valence-electron chi connectivity index (χ2n) is 2.59. The molecule has 64 valence electrons. The minimum absolute atomic E-state index is 0.983. The minimum atomic E-state index is 0.983. The highest BCUT2D eigenvalue weighted by Gasteiger charge is 1.93. The smallest absolute Gasteiger partial charge is 0.00601 e. The molecule has 1 rings (SSSR count). The molecule has 0 radical (unpaired) electrons. The van der Waals surface area contributed by atoms with Crippen LogP contribution in [0.1, 0.15) is 39.5 Å². The molecule has 0 spiro atoms. The van der Waals surface area contributed by atoms with Gasteiger partial charge in [-0.1, -0.05) is 13.3 Å². The second-order valence-corrected chi connectivity index (χ2v) is 2.59. The van der Waals surface area contributed by atoms with E-state index < -0.39 is 0 Å². The molecule has 0 aromatic rings. The number of piperidine rings is 1. The zero-order valence-electron chi connectivity index (χ0n) is 7.74. The molecule has 11 heavy (non-hydrogen) atoms. The molecule has 0 amide bonds. The lowest BCUT2D eigenvalue weighted by atomic mass is 10.2. The summed E-state index contributed by atoms with van der Waals surface area (Å²) in [7, 11) is 0. The highest BCUT2D eigenvalue weighted by atomic mass is 14.9. The predicted octanol–water partition coefficient (Wildman–Crippen LogP) is 2.18. The van der Waals surface area contributed by atoms with Gasteiger partial charge in [-0.25, -0.2) is 0 Å². The summed E-state index contributed by atoms with van der Waals surface area (Å²) < 4.78 is 0.